The third-order valence-corrected chi connectivity index (χ3v) is 3.66. The van der Waals surface area contributed by atoms with Crippen LogP contribution in [0.3, 0.4) is 0 Å². The summed E-state index contributed by atoms with van der Waals surface area (Å²) in [5.41, 5.74) is 3.17. The van der Waals surface area contributed by atoms with Gasteiger partial charge >= 0.3 is 0 Å². The fourth-order valence-corrected chi connectivity index (χ4v) is 2.21. The Morgan fingerprint density at radius 1 is 1.33 bits per heavy atom. The van der Waals surface area contributed by atoms with Crippen LogP contribution in [-0.4, -0.2) is 18.5 Å². The summed E-state index contributed by atoms with van der Waals surface area (Å²) in [5, 5.41) is 6.28. The van der Waals surface area contributed by atoms with Crippen molar-refractivity contribution in [1.29, 1.82) is 0 Å². The predicted octanol–water partition coefficient (Wildman–Crippen LogP) is 2.63. The molecule has 1 aromatic carbocycles. The zero-order valence-corrected chi connectivity index (χ0v) is 11.4. The Balaban J connectivity index is 1.86. The van der Waals surface area contributed by atoms with Crippen LogP contribution in [0.5, 0.6) is 0 Å². The molecule has 98 valence electrons. The Labute approximate surface area is 109 Å². The van der Waals surface area contributed by atoms with E-state index in [1.807, 2.05) is 32.0 Å². The molecule has 3 nitrogen and oxygen atoms in total. The molecule has 0 bridgehead atoms. The van der Waals surface area contributed by atoms with Crippen molar-refractivity contribution in [2.45, 2.75) is 39.7 Å². The first-order valence-electron chi connectivity index (χ1n) is 6.67. The fraction of sp³-hybridized carbons (Fsp3) is 0.533. The number of carbonyl (C=O) groups is 1. The number of para-hydroxylation sites is 1. The van der Waals surface area contributed by atoms with Crippen molar-refractivity contribution < 1.29 is 4.79 Å². The van der Waals surface area contributed by atoms with Crippen LogP contribution in [0.25, 0.3) is 0 Å². The van der Waals surface area contributed by atoms with E-state index in [9.17, 15) is 4.79 Å². The molecule has 0 aliphatic heterocycles. The van der Waals surface area contributed by atoms with Gasteiger partial charge in [0.05, 0.1) is 6.54 Å². The van der Waals surface area contributed by atoms with E-state index in [1.54, 1.807) is 0 Å². The van der Waals surface area contributed by atoms with Crippen molar-refractivity contribution in [3.05, 3.63) is 29.3 Å². The molecule has 0 heterocycles. The van der Waals surface area contributed by atoms with Gasteiger partial charge < -0.3 is 10.6 Å². The Morgan fingerprint density at radius 2 is 1.94 bits per heavy atom. The highest BCUT2D eigenvalue weighted by Crippen LogP contribution is 2.32. The highest BCUT2D eigenvalue weighted by atomic mass is 16.1. The van der Waals surface area contributed by atoms with Crippen LogP contribution in [-0.2, 0) is 4.79 Å². The standard InChI is InChI=1S/C15H22N2O/c1-10-5-4-6-11(2)15(10)17-14(18)9-16-12(3)13-7-8-13/h4-6,12-13,16H,7-9H2,1-3H3,(H,17,18). The third-order valence-electron chi connectivity index (χ3n) is 3.66. The summed E-state index contributed by atoms with van der Waals surface area (Å²) < 4.78 is 0. The van der Waals surface area contributed by atoms with E-state index in [-0.39, 0.29) is 5.91 Å². The summed E-state index contributed by atoms with van der Waals surface area (Å²) >= 11 is 0. The molecular weight excluding hydrogens is 224 g/mol. The van der Waals surface area contributed by atoms with Crippen molar-refractivity contribution >= 4 is 11.6 Å². The lowest BCUT2D eigenvalue weighted by Crippen LogP contribution is -2.35. The topological polar surface area (TPSA) is 41.1 Å². The van der Waals surface area contributed by atoms with E-state index >= 15 is 0 Å². The van der Waals surface area contributed by atoms with Crippen molar-refractivity contribution in [2.24, 2.45) is 5.92 Å². The molecule has 1 saturated carbocycles. The number of hydrogen-bond donors (Lipinski definition) is 2. The van der Waals surface area contributed by atoms with Gasteiger partial charge in [-0.3, -0.25) is 4.79 Å². The maximum atomic E-state index is 11.9. The molecule has 1 aliphatic carbocycles. The number of aryl methyl sites for hydroxylation is 2. The molecule has 1 aliphatic rings. The van der Waals surface area contributed by atoms with Gasteiger partial charge in [0.25, 0.3) is 0 Å². The van der Waals surface area contributed by atoms with Gasteiger partial charge in [0.2, 0.25) is 5.91 Å². The highest BCUT2D eigenvalue weighted by molar-refractivity contribution is 5.93. The highest BCUT2D eigenvalue weighted by Gasteiger charge is 2.27. The second kappa shape index (κ2) is 5.53. The van der Waals surface area contributed by atoms with Gasteiger partial charge in [-0.15, -0.1) is 0 Å². The first kappa shape index (κ1) is 13.1. The van der Waals surface area contributed by atoms with Crippen LogP contribution < -0.4 is 10.6 Å². The molecule has 0 radical (unpaired) electrons. The lowest BCUT2D eigenvalue weighted by atomic mass is 10.1. The minimum Gasteiger partial charge on any atom is -0.324 e. The first-order chi connectivity index (χ1) is 8.58. The van der Waals surface area contributed by atoms with Crippen LogP contribution in [0, 0.1) is 19.8 Å². The minimum atomic E-state index is 0.0416. The van der Waals surface area contributed by atoms with E-state index < -0.39 is 0 Å². The van der Waals surface area contributed by atoms with Gasteiger partial charge in [-0.25, -0.2) is 0 Å². The predicted molar refractivity (Wildman–Crippen MR) is 74.7 cm³/mol. The monoisotopic (exact) mass is 246 g/mol. The fourth-order valence-electron chi connectivity index (χ4n) is 2.21. The Bertz CT molecular complexity index is 418. The summed E-state index contributed by atoms with van der Waals surface area (Å²) in [4.78, 5) is 11.9. The van der Waals surface area contributed by atoms with Crippen LogP contribution in [0.4, 0.5) is 5.69 Å². The van der Waals surface area contributed by atoms with Crippen molar-refractivity contribution in [3.63, 3.8) is 0 Å². The zero-order chi connectivity index (χ0) is 13.1. The Morgan fingerprint density at radius 3 is 2.50 bits per heavy atom. The average Bonchev–Trinajstić information content (AvgIpc) is 3.15. The summed E-state index contributed by atoms with van der Waals surface area (Å²) in [7, 11) is 0. The second-order valence-electron chi connectivity index (χ2n) is 5.32. The quantitative estimate of drug-likeness (QED) is 0.838. The van der Waals surface area contributed by atoms with Crippen LogP contribution in [0.2, 0.25) is 0 Å². The summed E-state index contributed by atoms with van der Waals surface area (Å²) in [5.74, 6) is 0.817. The second-order valence-corrected chi connectivity index (χ2v) is 5.32. The number of rotatable bonds is 5. The number of amides is 1. The van der Waals surface area contributed by atoms with Crippen molar-refractivity contribution in [1.82, 2.24) is 5.32 Å². The molecule has 18 heavy (non-hydrogen) atoms. The van der Waals surface area contributed by atoms with Crippen LogP contribution >= 0.6 is 0 Å². The smallest absolute Gasteiger partial charge is 0.238 e. The van der Waals surface area contributed by atoms with Gasteiger partial charge in [0, 0.05) is 11.7 Å². The summed E-state index contributed by atoms with van der Waals surface area (Å²) in [6.07, 6.45) is 2.60. The number of carbonyl (C=O) groups excluding carboxylic acids is 1. The maximum absolute atomic E-state index is 11.9. The lowest BCUT2D eigenvalue weighted by molar-refractivity contribution is -0.115. The molecule has 1 amide bonds. The molecule has 3 heteroatoms. The van der Waals surface area contributed by atoms with E-state index in [4.69, 9.17) is 0 Å². The number of benzene rings is 1. The van der Waals surface area contributed by atoms with Crippen molar-refractivity contribution in [2.75, 3.05) is 11.9 Å². The molecule has 1 unspecified atom stereocenters. The molecule has 0 aromatic heterocycles. The van der Waals surface area contributed by atoms with Crippen LogP contribution in [0.1, 0.15) is 30.9 Å². The van der Waals surface area contributed by atoms with Crippen molar-refractivity contribution in [3.8, 4) is 0 Å². The van der Waals surface area contributed by atoms with Gasteiger partial charge in [0.15, 0.2) is 0 Å². The van der Waals surface area contributed by atoms with Gasteiger partial charge in [-0.05, 0) is 50.7 Å². The number of nitrogens with one attached hydrogen (secondary N) is 2. The van der Waals surface area contributed by atoms with E-state index in [0.717, 1.165) is 22.7 Å². The number of hydrogen-bond acceptors (Lipinski definition) is 2. The largest absolute Gasteiger partial charge is 0.324 e. The molecular formula is C15H22N2O. The molecule has 2 N–H and O–H groups in total. The third kappa shape index (κ3) is 3.33. The Hall–Kier alpha value is -1.35. The van der Waals surface area contributed by atoms with E-state index in [0.29, 0.717) is 12.6 Å². The van der Waals surface area contributed by atoms with Gasteiger partial charge in [-0.1, -0.05) is 18.2 Å². The Kier molecular flexibility index (Phi) is 4.02. The van der Waals surface area contributed by atoms with E-state index in [2.05, 4.69) is 17.6 Å². The van der Waals surface area contributed by atoms with Gasteiger partial charge in [-0.2, -0.15) is 0 Å². The average molecular weight is 246 g/mol. The molecule has 2 rings (SSSR count). The molecule has 1 fully saturated rings. The zero-order valence-electron chi connectivity index (χ0n) is 11.4. The lowest BCUT2D eigenvalue weighted by Gasteiger charge is -2.14. The SMILES string of the molecule is Cc1cccc(C)c1NC(=O)CNC(C)C1CC1. The van der Waals surface area contributed by atoms with Crippen LogP contribution in [0.15, 0.2) is 18.2 Å². The summed E-state index contributed by atoms with van der Waals surface area (Å²) in [6, 6.07) is 6.49. The molecule has 0 spiro atoms. The van der Waals surface area contributed by atoms with Gasteiger partial charge in [0.1, 0.15) is 0 Å². The maximum Gasteiger partial charge on any atom is 0.238 e. The molecule has 1 aromatic rings. The normalized spacial score (nSPS) is 16.4. The molecule has 1 atom stereocenters. The minimum absolute atomic E-state index is 0.0416. The first-order valence-corrected chi connectivity index (χ1v) is 6.67. The van der Waals surface area contributed by atoms with E-state index in [1.165, 1.54) is 12.8 Å². The molecule has 0 saturated heterocycles. The number of anilines is 1. The summed E-state index contributed by atoms with van der Waals surface area (Å²) in [6.45, 7) is 6.58.